The summed E-state index contributed by atoms with van der Waals surface area (Å²) in [6, 6.07) is 5.72. The van der Waals surface area contributed by atoms with Crippen LogP contribution in [-0.2, 0) is 29.2 Å². The number of halogens is 2. The van der Waals surface area contributed by atoms with Crippen LogP contribution in [0.5, 0.6) is 5.75 Å². The molecular formula is C31H30F2N6O3S. The van der Waals surface area contributed by atoms with Gasteiger partial charge < -0.3 is 14.4 Å². The lowest BCUT2D eigenvalue weighted by atomic mass is 9.97. The summed E-state index contributed by atoms with van der Waals surface area (Å²) in [7, 11) is 1.53. The minimum absolute atomic E-state index is 0.0409. The van der Waals surface area contributed by atoms with Gasteiger partial charge in [0.1, 0.15) is 35.4 Å². The van der Waals surface area contributed by atoms with E-state index in [0.717, 1.165) is 27.4 Å². The average molecular weight is 605 g/mol. The van der Waals surface area contributed by atoms with Crippen molar-refractivity contribution in [2.75, 3.05) is 20.3 Å². The van der Waals surface area contributed by atoms with Gasteiger partial charge in [-0.2, -0.15) is 10.2 Å². The van der Waals surface area contributed by atoms with E-state index < -0.39 is 11.6 Å². The zero-order valence-corrected chi connectivity index (χ0v) is 24.8. The van der Waals surface area contributed by atoms with Gasteiger partial charge in [-0.25, -0.2) is 13.8 Å². The van der Waals surface area contributed by atoms with E-state index in [0.29, 0.717) is 42.3 Å². The van der Waals surface area contributed by atoms with Gasteiger partial charge in [-0.05, 0) is 37.4 Å². The highest BCUT2D eigenvalue weighted by Crippen LogP contribution is 2.47. The fourth-order valence-corrected chi connectivity index (χ4v) is 6.36. The molecule has 222 valence electrons. The van der Waals surface area contributed by atoms with Crippen LogP contribution in [0.15, 0.2) is 54.7 Å². The van der Waals surface area contributed by atoms with Gasteiger partial charge in [-0.3, -0.25) is 14.2 Å². The fourth-order valence-electron chi connectivity index (χ4n) is 5.41. The molecule has 1 amide bonds. The van der Waals surface area contributed by atoms with Crippen LogP contribution in [0.25, 0.3) is 43.9 Å². The van der Waals surface area contributed by atoms with Crippen molar-refractivity contribution in [3.8, 4) is 39.5 Å². The summed E-state index contributed by atoms with van der Waals surface area (Å²) >= 11 is 1.43. The molecule has 6 rings (SSSR count). The number of carbonyl (C=O) groups excluding carboxylic acids is 1. The van der Waals surface area contributed by atoms with Gasteiger partial charge in [0.2, 0.25) is 5.91 Å². The normalized spacial score (nSPS) is 14.7. The fraction of sp³-hybridized carbons (Fsp3) is 0.290. The van der Waals surface area contributed by atoms with Gasteiger partial charge in [0.25, 0.3) is 0 Å². The summed E-state index contributed by atoms with van der Waals surface area (Å²) in [6.45, 7) is 9.41. The lowest BCUT2D eigenvalue weighted by Gasteiger charge is -2.33. The third-order valence-electron chi connectivity index (χ3n) is 7.52. The highest BCUT2D eigenvalue weighted by atomic mass is 32.1. The second-order valence-corrected chi connectivity index (χ2v) is 11.2. The Hall–Kier alpha value is -4.42. The summed E-state index contributed by atoms with van der Waals surface area (Å²) in [5.74, 6) is -1.66. The lowest BCUT2D eigenvalue weighted by molar-refractivity contribution is -0.129. The summed E-state index contributed by atoms with van der Waals surface area (Å²) in [4.78, 5) is 19.4. The molecule has 1 aliphatic heterocycles. The Kier molecular flexibility index (Phi) is 7.80. The molecule has 1 aliphatic rings. The molecule has 5 aromatic rings. The van der Waals surface area contributed by atoms with E-state index in [9.17, 15) is 9.18 Å². The highest BCUT2D eigenvalue weighted by molar-refractivity contribution is 7.18. The third kappa shape index (κ3) is 5.21. The standard InChI is InChI=1S/C31H30F2N6O3S/c1-5-26(40)38-17-21-13-24(36-39(21)15-18(38)3)30-28(27-23(33)11-20(32)12-25(27)42-9-8-41-4)31-22(7-10-43-31)29(35-30)19-14-34-37(6-2)16-19/h5,7,10-14,16,18H,1,6,8-9,15,17H2,2-4H3/t18-/m1/s1. The summed E-state index contributed by atoms with van der Waals surface area (Å²) in [5.41, 5.74) is 3.72. The van der Waals surface area contributed by atoms with E-state index in [1.807, 2.05) is 46.9 Å². The Morgan fingerprint density at radius 1 is 1.21 bits per heavy atom. The van der Waals surface area contributed by atoms with Crippen LogP contribution in [0.3, 0.4) is 0 Å². The number of rotatable bonds is 9. The second kappa shape index (κ2) is 11.7. The van der Waals surface area contributed by atoms with Crippen LogP contribution in [-0.4, -0.2) is 61.7 Å². The van der Waals surface area contributed by atoms with E-state index in [1.54, 1.807) is 11.1 Å². The summed E-state index contributed by atoms with van der Waals surface area (Å²) < 4.78 is 45.8. The van der Waals surface area contributed by atoms with E-state index in [4.69, 9.17) is 19.6 Å². The molecule has 0 radical (unpaired) electrons. The Morgan fingerprint density at radius 2 is 2.05 bits per heavy atom. The van der Waals surface area contributed by atoms with Crippen LogP contribution in [0.2, 0.25) is 0 Å². The molecule has 43 heavy (non-hydrogen) atoms. The molecule has 12 heteroatoms. The van der Waals surface area contributed by atoms with E-state index in [2.05, 4.69) is 11.7 Å². The molecule has 0 unspecified atom stereocenters. The first-order valence-corrected chi connectivity index (χ1v) is 14.8. The quantitative estimate of drug-likeness (QED) is 0.153. The molecule has 0 N–H and O–H groups in total. The number of methoxy groups -OCH3 is 1. The first-order chi connectivity index (χ1) is 20.8. The molecule has 1 atom stereocenters. The first kappa shape index (κ1) is 28.7. The number of hydrogen-bond donors (Lipinski definition) is 0. The maximum atomic E-state index is 15.9. The topological polar surface area (TPSA) is 87.3 Å². The van der Waals surface area contributed by atoms with Gasteiger partial charge in [0.05, 0.1) is 42.8 Å². The van der Waals surface area contributed by atoms with Crippen molar-refractivity contribution in [3.63, 3.8) is 0 Å². The number of nitrogens with zero attached hydrogens (tertiary/aromatic N) is 6. The molecular weight excluding hydrogens is 574 g/mol. The van der Waals surface area contributed by atoms with Gasteiger partial charge in [-0.1, -0.05) is 6.58 Å². The molecule has 9 nitrogen and oxygen atoms in total. The second-order valence-electron chi connectivity index (χ2n) is 10.3. The zero-order valence-electron chi connectivity index (χ0n) is 24.0. The van der Waals surface area contributed by atoms with Gasteiger partial charge >= 0.3 is 0 Å². The van der Waals surface area contributed by atoms with Crippen molar-refractivity contribution < 1.29 is 23.0 Å². The number of amides is 1. The van der Waals surface area contributed by atoms with Gasteiger partial charge in [-0.15, -0.1) is 11.3 Å². The Labute approximate surface area is 251 Å². The van der Waals surface area contributed by atoms with Gasteiger partial charge in [0.15, 0.2) is 0 Å². The van der Waals surface area contributed by atoms with Crippen molar-refractivity contribution >= 4 is 27.3 Å². The molecule has 0 spiro atoms. The van der Waals surface area contributed by atoms with Crippen molar-refractivity contribution in [2.45, 2.75) is 39.5 Å². The molecule has 0 fully saturated rings. The predicted molar refractivity (Wildman–Crippen MR) is 161 cm³/mol. The van der Waals surface area contributed by atoms with Crippen molar-refractivity contribution in [2.24, 2.45) is 0 Å². The average Bonchev–Trinajstić information content (AvgIpc) is 3.75. The molecule has 5 heterocycles. The summed E-state index contributed by atoms with van der Waals surface area (Å²) in [6.07, 6.45) is 4.97. The number of pyridine rings is 1. The van der Waals surface area contributed by atoms with Crippen LogP contribution < -0.4 is 4.74 Å². The van der Waals surface area contributed by atoms with Crippen molar-refractivity contribution in [3.05, 3.63) is 72.0 Å². The van der Waals surface area contributed by atoms with Crippen LogP contribution in [0.1, 0.15) is 19.5 Å². The Bertz CT molecular complexity index is 1840. The van der Waals surface area contributed by atoms with Crippen LogP contribution in [0.4, 0.5) is 8.78 Å². The predicted octanol–water partition coefficient (Wildman–Crippen LogP) is 5.93. The monoisotopic (exact) mass is 604 g/mol. The molecule has 0 aliphatic carbocycles. The van der Waals surface area contributed by atoms with Gasteiger partial charge in [0, 0.05) is 59.2 Å². The Balaban J connectivity index is 1.61. The smallest absolute Gasteiger partial charge is 0.246 e. The van der Waals surface area contributed by atoms with Crippen LogP contribution >= 0.6 is 11.3 Å². The number of hydrogen-bond acceptors (Lipinski definition) is 7. The molecule has 0 saturated heterocycles. The molecule has 0 bridgehead atoms. The Morgan fingerprint density at radius 3 is 2.79 bits per heavy atom. The number of fused-ring (bicyclic) bond motifs is 2. The summed E-state index contributed by atoms with van der Waals surface area (Å²) in [5, 5.41) is 12.0. The van der Waals surface area contributed by atoms with E-state index in [1.165, 1.54) is 30.6 Å². The van der Waals surface area contributed by atoms with E-state index in [-0.39, 0.29) is 36.5 Å². The first-order valence-electron chi connectivity index (χ1n) is 13.9. The largest absolute Gasteiger partial charge is 0.490 e. The number of thiophene rings is 1. The minimum Gasteiger partial charge on any atom is -0.490 e. The van der Waals surface area contributed by atoms with E-state index >= 15 is 4.39 Å². The van der Waals surface area contributed by atoms with Crippen LogP contribution in [0, 0.1) is 11.6 Å². The lowest BCUT2D eigenvalue weighted by Crippen LogP contribution is -2.44. The number of aryl methyl sites for hydroxylation is 1. The highest BCUT2D eigenvalue weighted by Gasteiger charge is 2.30. The SMILES string of the molecule is C=CC(=O)N1Cc2cc(-c3nc(-c4cnn(CC)c4)c4ccsc4c3-c3c(F)cc(F)cc3OCCOC)nn2C[C@H]1C. The number of aromatic nitrogens is 5. The molecule has 4 aromatic heterocycles. The maximum Gasteiger partial charge on any atom is 0.246 e. The number of carbonyl (C=O) groups is 1. The maximum absolute atomic E-state index is 15.9. The minimum atomic E-state index is -0.780. The third-order valence-corrected chi connectivity index (χ3v) is 8.45. The zero-order chi connectivity index (χ0) is 30.2. The number of ether oxygens (including phenoxy) is 2. The molecule has 1 aromatic carbocycles. The van der Waals surface area contributed by atoms with Crippen molar-refractivity contribution in [1.82, 2.24) is 29.4 Å². The van der Waals surface area contributed by atoms with Crippen molar-refractivity contribution in [1.29, 1.82) is 0 Å². The molecule has 0 saturated carbocycles. The number of benzene rings is 1.